The van der Waals surface area contributed by atoms with Crippen molar-refractivity contribution in [1.82, 2.24) is 5.32 Å². The van der Waals surface area contributed by atoms with Crippen molar-refractivity contribution in [2.75, 3.05) is 13.1 Å². The summed E-state index contributed by atoms with van der Waals surface area (Å²) in [6.45, 7) is 0.708. The van der Waals surface area contributed by atoms with Gasteiger partial charge >= 0.3 is 0 Å². The first-order valence-corrected chi connectivity index (χ1v) is 8.61. The number of amides is 1. The molecule has 2 aromatic carbocycles. The lowest BCUT2D eigenvalue weighted by Crippen LogP contribution is -2.34. The van der Waals surface area contributed by atoms with Crippen molar-refractivity contribution in [3.63, 3.8) is 0 Å². The topological polar surface area (TPSA) is 113 Å². The van der Waals surface area contributed by atoms with Crippen LogP contribution in [-0.2, 0) is 6.42 Å². The number of halogens is 1. The van der Waals surface area contributed by atoms with E-state index in [0.29, 0.717) is 12.1 Å². The molecule has 0 fully saturated rings. The van der Waals surface area contributed by atoms with E-state index >= 15 is 0 Å². The van der Waals surface area contributed by atoms with E-state index in [9.17, 15) is 19.8 Å². The Balaban J connectivity index is 0.00000261. The summed E-state index contributed by atoms with van der Waals surface area (Å²) in [5.74, 6) is -0.948. The Labute approximate surface area is 163 Å². The van der Waals surface area contributed by atoms with Gasteiger partial charge in [-0.25, -0.2) is 0 Å². The molecule has 7 heteroatoms. The number of aromatic hydroxyl groups is 1. The number of fused-ring (bicyclic) bond motifs is 1. The SMILES string of the molecule is Cl.NC(=O)c1cc(C(O)CNCC2CCc3ccccc3C2=O)ccc1O. The average molecular weight is 391 g/mol. The van der Waals surface area contributed by atoms with Crippen molar-refractivity contribution in [3.05, 3.63) is 64.7 Å². The Morgan fingerprint density at radius 2 is 2.00 bits per heavy atom. The van der Waals surface area contributed by atoms with Crippen LogP contribution in [0.3, 0.4) is 0 Å². The minimum atomic E-state index is -0.875. The lowest BCUT2D eigenvalue weighted by Gasteiger charge is -2.24. The Morgan fingerprint density at radius 1 is 1.26 bits per heavy atom. The summed E-state index contributed by atoms with van der Waals surface area (Å²) in [5.41, 5.74) is 7.53. The monoisotopic (exact) mass is 390 g/mol. The third kappa shape index (κ3) is 4.66. The number of hydrogen-bond acceptors (Lipinski definition) is 5. The van der Waals surface area contributed by atoms with Gasteiger partial charge in [-0.2, -0.15) is 0 Å². The first kappa shape index (κ1) is 20.9. The van der Waals surface area contributed by atoms with Crippen molar-refractivity contribution in [3.8, 4) is 5.75 Å². The number of aryl methyl sites for hydroxylation is 1. The fourth-order valence-electron chi connectivity index (χ4n) is 3.32. The number of ketones is 1. The molecule has 0 aliphatic heterocycles. The van der Waals surface area contributed by atoms with Gasteiger partial charge in [-0.1, -0.05) is 30.3 Å². The van der Waals surface area contributed by atoms with Gasteiger partial charge in [-0.15, -0.1) is 12.4 Å². The summed E-state index contributed by atoms with van der Waals surface area (Å²) >= 11 is 0. The molecule has 2 atom stereocenters. The molecule has 0 spiro atoms. The van der Waals surface area contributed by atoms with Crippen molar-refractivity contribution in [1.29, 1.82) is 0 Å². The van der Waals surface area contributed by atoms with E-state index in [-0.39, 0.29) is 42.0 Å². The highest BCUT2D eigenvalue weighted by Gasteiger charge is 2.26. The van der Waals surface area contributed by atoms with Gasteiger partial charge in [0.25, 0.3) is 5.91 Å². The number of benzene rings is 2. The van der Waals surface area contributed by atoms with Gasteiger partial charge in [0, 0.05) is 24.6 Å². The molecule has 6 nitrogen and oxygen atoms in total. The predicted octanol–water partition coefficient (Wildman–Crippen LogP) is 1.98. The van der Waals surface area contributed by atoms with Gasteiger partial charge in [0.05, 0.1) is 11.7 Å². The molecule has 144 valence electrons. The molecule has 1 aliphatic carbocycles. The highest BCUT2D eigenvalue weighted by Crippen LogP contribution is 2.25. The number of nitrogens with one attached hydrogen (secondary N) is 1. The fraction of sp³-hybridized carbons (Fsp3) is 0.300. The number of aliphatic hydroxyl groups excluding tert-OH is 1. The molecule has 3 rings (SSSR count). The Morgan fingerprint density at radius 3 is 2.74 bits per heavy atom. The second-order valence-electron chi connectivity index (χ2n) is 6.57. The Bertz CT molecular complexity index is 840. The summed E-state index contributed by atoms with van der Waals surface area (Å²) in [7, 11) is 0. The number of aliphatic hydroxyl groups is 1. The molecule has 5 N–H and O–H groups in total. The molecule has 0 saturated heterocycles. The maximum Gasteiger partial charge on any atom is 0.252 e. The third-order valence-corrected chi connectivity index (χ3v) is 4.82. The molecule has 2 aromatic rings. The summed E-state index contributed by atoms with van der Waals surface area (Å²) in [5, 5.41) is 23.0. The molecule has 0 bridgehead atoms. The molecule has 1 amide bonds. The number of phenols is 1. The van der Waals surface area contributed by atoms with E-state index in [4.69, 9.17) is 5.73 Å². The number of carbonyl (C=O) groups excluding carboxylic acids is 2. The highest BCUT2D eigenvalue weighted by molar-refractivity contribution is 6.00. The molecule has 0 heterocycles. The third-order valence-electron chi connectivity index (χ3n) is 4.82. The molecule has 1 aliphatic rings. The smallest absolute Gasteiger partial charge is 0.252 e. The van der Waals surface area contributed by atoms with Crippen molar-refractivity contribution in [2.45, 2.75) is 18.9 Å². The number of rotatable bonds is 6. The number of Topliss-reactive ketones (excluding diaryl/α,β-unsaturated/α-hetero) is 1. The van der Waals surface area contributed by atoms with E-state index < -0.39 is 12.0 Å². The molecular weight excluding hydrogens is 368 g/mol. The van der Waals surface area contributed by atoms with E-state index in [1.807, 2.05) is 24.3 Å². The van der Waals surface area contributed by atoms with Gasteiger partial charge in [-0.3, -0.25) is 9.59 Å². The first-order chi connectivity index (χ1) is 12.5. The summed E-state index contributed by atoms with van der Waals surface area (Å²) in [6, 6.07) is 11.9. The predicted molar refractivity (Wildman–Crippen MR) is 104 cm³/mol. The van der Waals surface area contributed by atoms with Crippen LogP contribution in [0.4, 0.5) is 0 Å². The van der Waals surface area contributed by atoms with Crippen LogP contribution in [0.5, 0.6) is 5.75 Å². The largest absolute Gasteiger partial charge is 0.507 e. The van der Waals surface area contributed by atoms with Gasteiger partial charge < -0.3 is 21.3 Å². The van der Waals surface area contributed by atoms with E-state index in [1.54, 1.807) is 0 Å². The van der Waals surface area contributed by atoms with E-state index in [0.717, 1.165) is 24.0 Å². The van der Waals surface area contributed by atoms with Gasteiger partial charge in [0.15, 0.2) is 5.78 Å². The maximum atomic E-state index is 12.5. The van der Waals surface area contributed by atoms with Crippen LogP contribution in [0, 0.1) is 5.92 Å². The molecule has 0 saturated carbocycles. The molecule has 2 unspecified atom stereocenters. The Kier molecular flexibility index (Phi) is 6.96. The maximum absolute atomic E-state index is 12.5. The summed E-state index contributed by atoms with van der Waals surface area (Å²) in [6.07, 6.45) is 0.778. The normalized spacial score (nSPS) is 16.9. The van der Waals surface area contributed by atoms with Gasteiger partial charge in [0.1, 0.15) is 5.75 Å². The Hall–Kier alpha value is -2.41. The summed E-state index contributed by atoms with van der Waals surface area (Å²) < 4.78 is 0. The van der Waals surface area contributed by atoms with Crippen LogP contribution >= 0.6 is 12.4 Å². The van der Waals surface area contributed by atoms with Crippen LogP contribution in [0.2, 0.25) is 0 Å². The number of primary amides is 1. The summed E-state index contributed by atoms with van der Waals surface area (Å²) in [4.78, 5) is 23.8. The molecular formula is C20H23ClN2O4. The standard InChI is InChI=1S/C20H22N2O4.ClH/c21-20(26)16-9-13(7-8-17(16)23)18(24)11-22-10-14-6-5-12-3-1-2-4-15(12)19(14)25;/h1-4,7-9,14,18,22-24H,5-6,10-11H2,(H2,21,26);1H. The lowest BCUT2D eigenvalue weighted by atomic mass is 9.83. The number of hydrogen-bond donors (Lipinski definition) is 4. The van der Waals surface area contributed by atoms with Gasteiger partial charge in [-0.05, 0) is 36.1 Å². The molecule has 0 aromatic heterocycles. The van der Waals surface area contributed by atoms with Crippen LogP contribution in [0.1, 0.15) is 44.4 Å². The van der Waals surface area contributed by atoms with Crippen molar-refractivity contribution in [2.24, 2.45) is 11.7 Å². The van der Waals surface area contributed by atoms with E-state index in [2.05, 4.69) is 5.32 Å². The highest BCUT2D eigenvalue weighted by atomic mass is 35.5. The second kappa shape index (κ2) is 8.99. The van der Waals surface area contributed by atoms with Gasteiger partial charge in [0.2, 0.25) is 0 Å². The fourth-order valence-corrected chi connectivity index (χ4v) is 3.32. The average Bonchev–Trinajstić information content (AvgIpc) is 2.64. The van der Waals surface area contributed by atoms with Crippen LogP contribution in [-0.4, -0.2) is 35.0 Å². The van der Waals surface area contributed by atoms with Crippen molar-refractivity contribution < 1.29 is 19.8 Å². The van der Waals surface area contributed by atoms with E-state index in [1.165, 1.54) is 18.2 Å². The zero-order valence-corrected chi connectivity index (χ0v) is 15.5. The first-order valence-electron chi connectivity index (χ1n) is 8.61. The van der Waals surface area contributed by atoms with Crippen LogP contribution in [0.25, 0.3) is 0 Å². The zero-order valence-electron chi connectivity index (χ0n) is 14.7. The van der Waals surface area contributed by atoms with Crippen LogP contribution in [0.15, 0.2) is 42.5 Å². The zero-order chi connectivity index (χ0) is 18.7. The minimum Gasteiger partial charge on any atom is -0.507 e. The quantitative estimate of drug-likeness (QED) is 0.602. The van der Waals surface area contributed by atoms with Crippen LogP contribution < -0.4 is 11.1 Å². The lowest BCUT2D eigenvalue weighted by molar-refractivity contribution is 0.0894. The molecule has 27 heavy (non-hydrogen) atoms. The number of carbonyl (C=O) groups is 2. The van der Waals surface area contributed by atoms with Crippen molar-refractivity contribution >= 4 is 24.1 Å². The molecule has 0 radical (unpaired) electrons. The number of nitrogens with two attached hydrogens (primary N) is 1. The minimum absolute atomic E-state index is 0. The second-order valence-corrected chi connectivity index (χ2v) is 6.57.